The van der Waals surface area contributed by atoms with Crippen LogP contribution in [0, 0.1) is 5.92 Å². The molecule has 2 heterocycles. The van der Waals surface area contributed by atoms with Crippen LogP contribution in [0.3, 0.4) is 0 Å². The van der Waals surface area contributed by atoms with Gasteiger partial charge in [-0.15, -0.1) is 0 Å². The molecule has 5 heteroatoms. The monoisotopic (exact) mass is 310 g/mol. The Morgan fingerprint density at radius 2 is 1.96 bits per heavy atom. The summed E-state index contributed by atoms with van der Waals surface area (Å²) >= 11 is 0. The molecule has 0 bridgehead atoms. The van der Waals surface area contributed by atoms with Crippen molar-refractivity contribution in [3.63, 3.8) is 0 Å². The van der Waals surface area contributed by atoms with Crippen LogP contribution in [0.1, 0.15) is 36.9 Å². The van der Waals surface area contributed by atoms with Crippen LogP contribution in [0.5, 0.6) is 0 Å². The van der Waals surface area contributed by atoms with Gasteiger partial charge in [-0.3, -0.25) is 4.98 Å². The van der Waals surface area contributed by atoms with Gasteiger partial charge in [0.15, 0.2) is 5.82 Å². The Labute approximate surface area is 136 Å². The van der Waals surface area contributed by atoms with Crippen molar-refractivity contribution in [3.05, 3.63) is 35.8 Å². The number of rotatable bonds is 4. The third-order valence-electron chi connectivity index (χ3n) is 5.09. The van der Waals surface area contributed by atoms with E-state index in [1.807, 2.05) is 12.1 Å². The zero-order valence-electron chi connectivity index (χ0n) is 13.2. The fraction of sp³-hybridized carbons (Fsp3) is 0.500. The highest BCUT2D eigenvalue weighted by molar-refractivity contribution is 5.60. The summed E-state index contributed by atoms with van der Waals surface area (Å²) in [7, 11) is 0. The molecule has 2 atom stereocenters. The largest absolute Gasteiger partial charge is 0.396 e. The molecular formula is C18H22N4O. The number of fused-ring (bicyclic) bond motifs is 1. The van der Waals surface area contributed by atoms with Crippen LogP contribution in [0.25, 0.3) is 11.4 Å². The maximum atomic E-state index is 9.56. The lowest BCUT2D eigenvalue weighted by molar-refractivity contribution is 0.222. The number of pyridine rings is 1. The minimum absolute atomic E-state index is 0.252. The van der Waals surface area contributed by atoms with E-state index in [4.69, 9.17) is 9.97 Å². The quantitative estimate of drug-likeness (QED) is 0.908. The maximum absolute atomic E-state index is 9.56. The standard InChI is InChI=1S/C18H22N4O/c23-11-13-3-1-5-15(13)20-18-14-4-2-6-16(14)21-17(22-18)12-7-9-19-10-8-12/h7-10,13,15,23H,1-6,11H2,(H,20,21,22)/t13-,15+/m1/s1. The predicted molar refractivity (Wildman–Crippen MR) is 89.1 cm³/mol. The van der Waals surface area contributed by atoms with Gasteiger partial charge < -0.3 is 10.4 Å². The van der Waals surface area contributed by atoms with Gasteiger partial charge in [0, 0.05) is 47.8 Å². The molecule has 0 unspecified atom stereocenters. The van der Waals surface area contributed by atoms with E-state index in [1.165, 1.54) is 17.7 Å². The lowest BCUT2D eigenvalue weighted by Crippen LogP contribution is -2.27. The molecule has 0 radical (unpaired) electrons. The first-order valence-electron chi connectivity index (χ1n) is 8.52. The smallest absolute Gasteiger partial charge is 0.161 e. The Balaban J connectivity index is 1.69. The molecule has 23 heavy (non-hydrogen) atoms. The Morgan fingerprint density at radius 3 is 2.78 bits per heavy atom. The average Bonchev–Trinajstić information content (AvgIpc) is 3.24. The molecule has 0 spiro atoms. The molecule has 1 saturated carbocycles. The van der Waals surface area contributed by atoms with Crippen molar-refractivity contribution < 1.29 is 5.11 Å². The average molecular weight is 310 g/mol. The summed E-state index contributed by atoms with van der Waals surface area (Å²) in [4.78, 5) is 13.7. The summed E-state index contributed by atoms with van der Waals surface area (Å²) in [6, 6.07) is 4.23. The van der Waals surface area contributed by atoms with Crippen molar-refractivity contribution in [2.24, 2.45) is 5.92 Å². The zero-order chi connectivity index (χ0) is 15.6. The first-order chi connectivity index (χ1) is 11.3. The normalized spacial score (nSPS) is 23.0. The Hall–Kier alpha value is -2.01. The third kappa shape index (κ3) is 2.81. The highest BCUT2D eigenvalue weighted by atomic mass is 16.3. The van der Waals surface area contributed by atoms with E-state index < -0.39 is 0 Å². The molecule has 2 aliphatic carbocycles. The summed E-state index contributed by atoms with van der Waals surface area (Å²) in [5.41, 5.74) is 3.45. The van der Waals surface area contributed by atoms with E-state index in [-0.39, 0.29) is 6.61 Å². The van der Waals surface area contributed by atoms with E-state index in [0.717, 1.165) is 49.3 Å². The number of aliphatic hydroxyl groups excluding tert-OH is 1. The molecule has 4 rings (SSSR count). The number of anilines is 1. The second-order valence-corrected chi connectivity index (χ2v) is 6.53. The van der Waals surface area contributed by atoms with E-state index >= 15 is 0 Å². The fourth-order valence-corrected chi connectivity index (χ4v) is 3.80. The Bertz CT molecular complexity index is 689. The zero-order valence-corrected chi connectivity index (χ0v) is 13.2. The van der Waals surface area contributed by atoms with Gasteiger partial charge in [-0.2, -0.15) is 0 Å². The van der Waals surface area contributed by atoms with Crippen molar-refractivity contribution >= 4 is 5.82 Å². The molecule has 2 aromatic rings. The molecule has 2 aromatic heterocycles. The lowest BCUT2D eigenvalue weighted by atomic mass is 10.0. The second kappa shape index (κ2) is 6.24. The van der Waals surface area contributed by atoms with Crippen molar-refractivity contribution in [2.45, 2.75) is 44.6 Å². The first-order valence-corrected chi connectivity index (χ1v) is 8.52. The number of aliphatic hydroxyl groups is 1. The predicted octanol–water partition coefficient (Wildman–Crippen LogP) is 2.60. The molecule has 0 aromatic carbocycles. The van der Waals surface area contributed by atoms with Gasteiger partial charge in [-0.25, -0.2) is 9.97 Å². The Kier molecular flexibility index (Phi) is 3.95. The molecule has 1 fully saturated rings. The third-order valence-corrected chi connectivity index (χ3v) is 5.09. The van der Waals surface area contributed by atoms with Crippen LogP contribution in [0.15, 0.2) is 24.5 Å². The molecule has 2 aliphatic rings. The minimum atomic E-state index is 0.252. The second-order valence-electron chi connectivity index (χ2n) is 6.53. The van der Waals surface area contributed by atoms with Gasteiger partial charge in [0.05, 0.1) is 0 Å². The maximum Gasteiger partial charge on any atom is 0.161 e. The van der Waals surface area contributed by atoms with Gasteiger partial charge in [0.2, 0.25) is 0 Å². The lowest BCUT2D eigenvalue weighted by Gasteiger charge is -2.21. The summed E-state index contributed by atoms with van der Waals surface area (Å²) in [6.45, 7) is 0.252. The fourth-order valence-electron chi connectivity index (χ4n) is 3.80. The van der Waals surface area contributed by atoms with Gasteiger partial charge in [-0.1, -0.05) is 6.42 Å². The van der Waals surface area contributed by atoms with E-state index in [1.54, 1.807) is 12.4 Å². The van der Waals surface area contributed by atoms with Crippen molar-refractivity contribution in [1.29, 1.82) is 0 Å². The van der Waals surface area contributed by atoms with Crippen LogP contribution in [-0.2, 0) is 12.8 Å². The van der Waals surface area contributed by atoms with Gasteiger partial charge >= 0.3 is 0 Å². The molecule has 0 aliphatic heterocycles. The molecule has 2 N–H and O–H groups in total. The van der Waals surface area contributed by atoms with Crippen molar-refractivity contribution in [1.82, 2.24) is 15.0 Å². The molecule has 0 amide bonds. The van der Waals surface area contributed by atoms with E-state index in [0.29, 0.717) is 12.0 Å². The molecule has 120 valence electrons. The number of nitrogens with zero attached hydrogens (tertiary/aromatic N) is 3. The van der Waals surface area contributed by atoms with Crippen LogP contribution >= 0.6 is 0 Å². The SMILES string of the molecule is OC[C@H]1CCC[C@@H]1Nc1nc(-c2ccncc2)nc2c1CCC2. The van der Waals surface area contributed by atoms with Crippen LogP contribution in [0.2, 0.25) is 0 Å². The van der Waals surface area contributed by atoms with Crippen molar-refractivity contribution in [3.8, 4) is 11.4 Å². The number of aryl methyl sites for hydroxylation is 1. The minimum Gasteiger partial charge on any atom is -0.396 e. The van der Waals surface area contributed by atoms with Crippen LogP contribution < -0.4 is 5.32 Å². The number of hydrogen-bond acceptors (Lipinski definition) is 5. The van der Waals surface area contributed by atoms with Gasteiger partial charge in [-0.05, 0) is 44.2 Å². The number of aromatic nitrogens is 3. The summed E-state index contributed by atoms with van der Waals surface area (Å²) < 4.78 is 0. The van der Waals surface area contributed by atoms with Crippen LogP contribution in [0.4, 0.5) is 5.82 Å². The highest BCUT2D eigenvalue weighted by Crippen LogP contribution is 2.33. The highest BCUT2D eigenvalue weighted by Gasteiger charge is 2.29. The molecule has 0 saturated heterocycles. The molecular weight excluding hydrogens is 288 g/mol. The Morgan fingerprint density at radius 1 is 1.09 bits per heavy atom. The summed E-state index contributed by atoms with van der Waals surface area (Å²) in [5, 5.41) is 13.2. The molecule has 5 nitrogen and oxygen atoms in total. The summed E-state index contributed by atoms with van der Waals surface area (Å²) in [5.74, 6) is 2.09. The van der Waals surface area contributed by atoms with Crippen LogP contribution in [-0.4, -0.2) is 32.7 Å². The summed E-state index contributed by atoms with van der Waals surface area (Å²) in [6.07, 6.45) is 10.1. The van der Waals surface area contributed by atoms with Crippen molar-refractivity contribution in [2.75, 3.05) is 11.9 Å². The van der Waals surface area contributed by atoms with Gasteiger partial charge in [0.1, 0.15) is 5.82 Å². The number of hydrogen-bond donors (Lipinski definition) is 2. The number of nitrogens with one attached hydrogen (secondary N) is 1. The van der Waals surface area contributed by atoms with E-state index in [2.05, 4.69) is 10.3 Å². The van der Waals surface area contributed by atoms with E-state index in [9.17, 15) is 5.11 Å². The topological polar surface area (TPSA) is 70.9 Å². The van der Waals surface area contributed by atoms with Gasteiger partial charge in [0.25, 0.3) is 0 Å². The first kappa shape index (κ1) is 14.6.